The molecule has 0 amide bonds. The van der Waals surface area contributed by atoms with Crippen molar-refractivity contribution in [1.82, 2.24) is 0 Å². The molecule has 1 aliphatic carbocycles. The molecule has 3 atom stereocenters. The van der Waals surface area contributed by atoms with Gasteiger partial charge in [-0.2, -0.15) is 26.3 Å². The number of ketones is 1. The Morgan fingerprint density at radius 2 is 1.56 bits per heavy atom. The van der Waals surface area contributed by atoms with Crippen LogP contribution in [0.2, 0.25) is 0 Å². The summed E-state index contributed by atoms with van der Waals surface area (Å²) in [6.07, 6.45) is -7.09. The van der Waals surface area contributed by atoms with Crippen LogP contribution in [0.1, 0.15) is 61.6 Å². The van der Waals surface area contributed by atoms with Gasteiger partial charge in [-0.3, -0.25) is 9.59 Å². The van der Waals surface area contributed by atoms with E-state index in [1.54, 1.807) is 0 Å². The Bertz CT molecular complexity index is 812. The van der Waals surface area contributed by atoms with E-state index in [0.717, 1.165) is 6.08 Å². The van der Waals surface area contributed by atoms with Crippen molar-refractivity contribution in [3.63, 3.8) is 0 Å². The number of carbonyl (C=O) groups excluding carboxylic acids is 1. The van der Waals surface area contributed by atoms with E-state index in [2.05, 4.69) is 0 Å². The van der Waals surface area contributed by atoms with Gasteiger partial charge in [0.1, 0.15) is 5.78 Å². The molecule has 0 unspecified atom stereocenters. The minimum Gasteiger partial charge on any atom is -0.481 e. The fourth-order valence-electron chi connectivity index (χ4n) is 4.03. The Morgan fingerprint density at radius 1 is 1.00 bits per heavy atom. The molecular weight excluding hydrogens is 442 g/mol. The van der Waals surface area contributed by atoms with E-state index in [-0.39, 0.29) is 18.6 Å². The lowest BCUT2D eigenvalue weighted by molar-refractivity contribution is -0.143. The molecule has 0 saturated heterocycles. The Kier molecular flexibility index (Phi) is 8.50. The molecule has 0 bridgehead atoms. The molecule has 0 radical (unpaired) electrons. The van der Waals surface area contributed by atoms with E-state index in [1.165, 1.54) is 0 Å². The fourth-order valence-corrected chi connectivity index (χ4v) is 4.03. The monoisotopic (exact) mass is 466 g/mol. The van der Waals surface area contributed by atoms with Crippen LogP contribution in [-0.4, -0.2) is 28.1 Å². The van der Waals surface area contributed by atoms with Crippen molar-refractivity contribution in [3.05, 3.63) is 41.0 Å². The standard InChI is InChI=1S/C22H24F6O4/c23-21(24,25)16-7-5-8-17(22(26,27)28)15(16)11-10-14-13(18(29)12-19(14)30)6-3-1-2-4-9-20(31)32/h5,7-8,10-11,13-14,19,30H,1-4,6,9,12H2,(H,31,32)/t13-,14-,19+/m0/s1. The van der Waals surface area contributed by atoms with Gasteiger partial charge in [-0.1, -0.05) is 37.5 Å². The summed E-state index contributed by atoms with van der Waals surface area (Å²) in [5.74, 6) is -2.82. The molecule has 4 nitrogen and oxygen atoms in total. The molecule has 178 valence electrons. The summed E-state index contributed by atoms with van der Waals surface area (Å²) in [5.41, 5.74) is -3.94. The minimum atomic E-state index is -5.01. The first-order valence-electron chi connectivity index (χ1n) is 10.2. The molecule has 0 spiro atoms. The Morgan fingerprint density at radius 3 is 2.09 bits per heavy atom. The molecule has 1 fully saturated rings. The number of Topliss-reactive ketones (excluding diaryl/α,β-unsaturated/α-hetero) is 1. The highest BCUT2D eigenvalue weighted by Gasteiger charge is 2.42. The van der Waals surface area contributed by atoms with E-state index >= 15 is 0 Å². The molecule has 0 heterocycles. The summed E-state index contributed by atoms with van der Waals surface area (Å²) in [7, 11) is 0. The predicted molar refractivity (Wildman–Crippen MR) is 103 cm³/mol. The number of unbranched alkanes of at least 4 members (excludes halogenated alkanes) is 3. The fraction of sp³-hybridized carbons (Fsp3) is 0.545. The average Bonchev–Trinajstić information content (AvgIpc) is 2.93. The number of hydrogen-bond acceptors (Lipinski definition) is 3. The Labute approximate surface area is 180 Å². The van der Waals surface area contributed by atoms with Gasteiger partial charge < -0.3 is 10.2 Å². The van der Waals surface area contributed by atoms with Crippen LogP contribution in [0, 0.1) is 11.8 Å². The van der Waals surface area contributed by atoms with Crippen LogP contribution in [0.3, 0.4) is 0 Å². The quantitative estimate of drug-likeness (QED) is 0.360. The van der Waals surface area contributed by atoms with Gasteiger partial charge in [0.2, 0.25) is 0 Å². The molecule has 1 aromatic rings. The van der Waals surface area contributed by atoms with Gasteiger partial charge in [0.05, 0.1) is 17.2 Å². The van der Waals surface area contributed by atoms with Crippen molar-refractivity contribution in [2.24, 2.45) is 11.8 Å². The number of carbonyl (C=O) groups is 2. The number of aliphatic carboxylic acids is 1. The van der Waals surface area contributed by atoms with Gasteiger partial charge in [0.25, 0.3) is 0 Å². The van der Waals surface area contributed by atoms with E-state index in [1.807, 2.05) is 0 Å². The first-order valence-corrected chi connectivity index (χ1v) is 10.2. The molecule has 0 aliphatic heterocycles. The van der Waals surface area contributed by atoms with Crippen LogP contribution >= 0.6 is 0 Å². The Balaban J connectivity index is 2.21. The number of benzene rings is 1. The normalized spacial score (nSPS) is 22.1. The van der Waals surface area contributed by atoms with Crippen LogP contribution in [0.15, 0.2) is 24.3 Å². The summed E-state index contributed by atoms with van der Waals surface area (Å²) < 4.78 is 79.9. The van der Waals surface area contributed by atoms with Crippen molar-refractivity contribution in [2.75, 3.05) is 0 Å². The maximum atomic E-state index is 13.3. The highest BCUT2D eigenvalue weighted by atomic mass is 19.4. The average molecular weight is 466 g/mol. The lowest BCUT2D eigenvalue weighted by Crippen LogP contribution is -2.19. The molecule has 1 aliphatic rings. The number of aliphatic hydroxyl groups is 1. The number of aliphatic hydroxyl groups excluding tert-OH is 1. The third-order valence-corrected chi connectivity index (χ3v) is 5.59. The number of halogens is 6. The second kappa shape index (κ2) is 10.5. The summed E-state index contributed by atoms with van der Waals surface area (Å²) in [5, 5.41) is 18.8. The zero-order valence-corrected chi connectivity index (χ0v) is 17.0. The van der Waals surface area contributed by atoms with E-state index in [4.69, 9.17) is 5.11 Å². The maximum Gasteiger partial charge on any atom is 0.417 e. The SMILES string of the molecule is O=C(O)CCCCCC[C@@H]1C(=O)C[C@@H](O)[C@H]1C=Cc1c(C(F)(F)F)cccc1C(F)(F)F. The smallest absolute Gasteiger partial charge is 0.417 e. The first-order chi connectivity index (χ1) is 14.8. The van der Waals surface area contributed by atoms with Crippen LogP contribution in [-0.2, 0) is 21.9 Å². The summed E-state index contributed by atoms with van der Waals surface area (Å²) in [4.78, 5) is 22.7. The molecule has 1 saturated carbocycles. The van der Waals surface area contributed by atoms with E-state index in [0.29, 0.717) is 56.4 Å². The molecule has 10 heteroatoms. The molecule has 1 aromatic carbocycles. The lowest BCUT2D eigenvalue weighted by Gasteiger charge is -2.19. The van der Waals surface area contributed by atoms with Gasteiger partial charge in [0.15, 0.2) is 0 Å². The molecule has 2 N–H and O–H groups in total. The number of hydrogen-bond donors (Lipinski definition) is 2. The van der Waals surface area contributed by atoms with E-state index < -0.39 is 53.0 Å². The first kappa shape index (κ1) is 25.9. The molecular formula is C22H24F6O4. The van der Waals surface area contributed by atoms with Gasteiger partial charge in [-0.15, -0.1) is 0 Å². The van der Waals surface area contributed by atoms with Crippen molar-refractivity contribution < 1.29 is 46.1 Å². The molecule has 0 aromatic heterocycles. The maximum absolute atomic E-state index is 13.3. The second-order valence-electron chi connectivity index (χ2n) is 7.89. The highest BCUT2D eigenvalue weighted by Crippen LogP contribution is 2.41. The lowest BCUT2D eigenvalue weighted by atomic mass is 9.87. The summed E-state index contributed by atoms with van der Waals surface area (Å²) in [6.45, 7) is 0. The topological polar surface area (TPSA) is 74.6 Å². The van der Waals surface area contributed by atoms with Crippen molar-refractivity contribution >= 4 is 17.8 Å². The van der Waals surface area contributed by atoms with Gasteiger partial charge in [-0.25, -0.2) is 0 Å². The van der Waals surface area contributed by atoms with Crippen LogP contribution in [0.4, 0.5) is 26.3 Å². The highest BCUT2D eigenvalue weighted by molar-refractivity contribution is 5.85. The zero-order chi connectivity index (χ0) is 24.1. The van der Waals surface area contributed by atoms with Crippen LogP contribution in [0.25, 0.3) is 6.08 Å². The van der Waals surface area contributed by atoms with Gasteiger partial charge in [0, 0.05) is 24.7 Å². The number of carboxylic acids is 1. The van der Waals surface area contributed by atoms with Gasteiger partial charge in [-0.05, 0) is 30.5 Å². The van der Waals surface area contributed by atoms with Gasteiger partial charge >= 0.3 is 18.3 Å². The largest absolute Gasteiger partial charge is 0.481 e. The number of rotatable bonds is 9. The van der Waals surface area contributed by atoms with Crippen molar-refractivity contribution in [3.8, 4) is 0 Å². The van der Waals surface area contributed by atoms with Crippen LogP contribution < -0.4 is 0 Å². The predicted octanol–water partition coefficient (Wildman–Crippen LogP) is 5.73. The summed E-state index contributed by atoms with van der Waals surface area (Å²) in [6, 6.07) is 1.80. The number of alkyl halides is 6. The second-order valence-corrected chi connectivity index (χ2v) is 7.89. The van der Waals surface area contributed by atoms with Crippen LogP contribution in [0.5, 0.6) is 0 Å². The van der Waals surface area contributed by atoms with Crippen molar-refractivity contribution in [2.45, 2.75) is 63.4 Å². The number of carboxylic acid groups (broad SMARTS) is 1. The third kappa shape index (κ3) is 6.82. The zero-order valence-electron chi connectivity index (χ0n) is 17.0. The third-order valence-electron chi connectivity index (χ3n) is 5.59. The van der Waals surface area contributed by atoms with E-state index in [9.17, 15) is 41.0 Å². The summed E-state index contributed by atoms with van der Waals surface area (Å²) >= 11 is 0. The van der Waals surface area contributed by atoms with Crippen molar-refractivity contribution in [1.29, 1.82) is 0 Å². The molecule has 32 heavy (non-hydrogen) atoms. The Hall–Kier alpha value is -2.36. The molecule has 2 rings (SSSR count). The minimum absolute atomic E-state index is 0.0204.